The van der Waals surface area contributed by atoms with Gasteiger partial charge in [0.1, 0.15) is 0 Å². The topological polar surface area (TPSA) is 29.9 Å². The zero-order chi connectivity index (χ0) is 12.6. The Morgan fingerprint density at radius 2 is 2.18 bits per heavy atom. The first kappa shape index (κ1) is 12.6. The Morgan fingerprint density at radius 1 is 1.47 bits per heavy atom. The summed E-state index contributed by atoms with van der Waals surface area (Å²) in [6.45, 7) is 4.75. The number of hydrogen-bond acceptors (Lipinski definition) is 2. The van der Waals surface area contributed by atoms with Crippen molar-refractivity contribution in [2.75, 3.05) is 13.7 Å². The van der Waals surface area contributed by atoms with Crippen molar-refractivity contribution >= 4 is 34.9 Å². The Balaban J connectivity index is 2.72. The van der Waals surface area contributed by atoms with Crippen molar-refractivity contribution in [1.29, 1.82) is 0 Å². The van der Waals surface area contributed by atoms with Gasteiger partial charge in [0.05, 0.1) is 23.2 Å². The van der Waals surface area contributed by atoms with Crippen molar-refractivity contribution in [3.63, 3.8) is 0 Å². The maximum atomic E-state index is 6.03. The third-order valence-electron chi connectivity index (χ3n) is 2.75. The summed E-state index contributed by atoms with van der Waals surface area (Å²) < 4.78 is 7.98. The standard InChI is InChI=1S/C12H15ClN2OS/c1-12(2,7-16-3)15-10-6-8(13)4-5-9(10)14-11(15)17/h4-6H,7H2,1-3H3,(H,14,17). The Hall–Kier alpha value is -0.840. The number of rotatable bonds is 3. The van der Waals surface area contributed by atoms with Gasteiger partial charge in [-0.2, -0.15) is 0 Å². The molecular formula is C12H15ClN2OS. The average molecular weight is 271 g/mol. The summed E-state index contributed by atoms with van der Waals surface area (Å²) in [5.74, 6) is 0. The number of imidazole rings is 1. The van der Waals surface area contributed by atoms with E-state index in [0.29, 0.717) is 16.4 Å². The maximum Gasteiger partial charge on any atom is 0.178 e. The number of halogens is 1. The van der Waals surface area contributed by atoms with Gasteiger partial charge in [-0.05, 0) is 44.3 Å². The number of fused-ring (bicyclic) bond motifs is 1. The van der Waals surface area contributed by atoms with Crippen LogP contribution in [0.5, 0.6) is 0 Å². The van der Waals surface area contributed by atoms with E-state index in [4.69, 9.17) is 28.6 Å². The molecule has 0 saturated heterocycles. The van der Waals surface area contributed by atoms with Gasteiger partial charge in [-0.1, -0.05) is 11.6 Å². The van der Waals surface area contributed by atoms with Gasteiger partial charge < -0.3 is 14.3 Å². The molecule has 92 valence electrons. The largest absolute Gasteiger partial charge is 0.382 e. The first-order chi connectivity index (χ1) is 7.95. The van der Waals surface area contributed by atoms with Crippen molar-refractivity contribution < 1.29 is 4.74 Å². The molecular weight excluding hydrogens is 256 g/mol. The number of methoxy groups -OCH3 is 1. The van der Waals surface area contributed by atoms with Crippen molar-refractivity contribution in [3.05, 3.63) is 28.0 Å². The van der Waals surface area contributed by atoms with Crippen LogP contribution < -0.4 is 0 Å². The highest BCUT2D eigenvalue weighted by molar-refractivity contribution is 7.71. The lowest BCUT2D eigenvalue weighted by atomic mass is 10.1. The van der Waals surface area contributed by atoms with Crippen LogP contribution in [-0.2, 0) is 10.3 Å². The van der Waals surface area contributed by atoms with E-state index in [-0.39, 0.29) is 5.54 Å². The molecule has 5 heteroatoms. The number of nitrogens with one attached hydrogen (secondary N) is 1. The molecule has 0 spiro atoms. The second-order valence-corrected chi connectivity index (χ2v) is 5.50. The van der Waals surface area contributed by atoms with Crippen LogP contribution in [0.15, 0.2) is 18.2 Å². The smallest absolute Gasteiger partial charge is 0.178 e. The van der Waals surface area contributed by atoms with Crippen LogP contribution in [0.4, 0.5) is 0 Å². The van der Waals surface area contributed by atoms with Gasteiger partial charge in [0.2, 0.25) is 0 Å². The highest BCUT2D eigenvalue weighted by Crippen LogP contribution is 2.26. The first-order valence-electron chi connectivity index (χ1n) is 5.35. The second kappa shape index (κ2) is 4.44. The second-order valence-electron chi connectivity index (χ2n) is 4.67. The number of H-pyrrole nitrogens is 1. The van der Waals surface area contributed by atoms with Gasteiger partial charge in [0.25, 0.3) is 0 Å². The zero-order valence-corrected chi connectivity index (χ0v) is 11.7. The van der Waals surface area contributed by atoms with Crippen LogP contribution >= 0.6 is 23.8 Å². The van der Waals surface area contributed by atoms with Gasteiger partial charge in [-0.25, -0.2) is 0 Å². The highest BCUT2D eigenvalue weighted by Gasteiger charge is 2.23. The third-order valence-corrected chi connectivity index (χ3v) is 3.27. The fraction of sp³-hybridized carbons (Fsp3) is 0.417. The molecule has 0 unspecified atom stereocenters. The Labute approximate surface area is 110 Å². The van der Waals surface area contributed by atoms with Crippen molar-refractivity contribution in [2.45, 2.75) is 19.4 Å². The molecule has 0 bridgehead atoms. The van der Waals surface area contributed by atoms with Gasteiger partial charge in [-0.3, -0.25) is 0 Å². The molecule has 0 radical (unpaired) electrons. The Kier molecular flexibility index (Phi) is 3.30. The van der Waals surface area contributed by atoms with Gasteiger partial charge in [-0.15, -0.1) is 0 Å². The molecule has 3 nitrogen and oxygen atoms in total. The molecule has 0 atom stereocenters. The van der Waals surface area contributed by atoms with Crippen LogP contribution in [-0.4, -0.2) is 23.3 Å². The number of aromatic amines is 1. The number of nitrogens with zero attached hydrogens (tertiary/aromatic N) is 1. The maximum absolute atomic E-state index is 6.03. The van der Waals surface area contributed by atoms with Crippen LogP contribution in [0.25, 0.3) is 11.0 Å². The molecule has 1 heterocycles. The summed E-state index contributed by atoms with van der Waals surface area (Å²) >= 11 is 11.4. The summed E-state index contributed by atoms with van der Waals surface area (Å²) in [5.41, 5.74) is 1.78. The minimum Gasteiger partial charge on any atom is -0.382 e. The zero-order valence-electron chi connectivity index (χ0n) is 10.1. The molecule has 0 aliphatic rings. The SMILES string of the molecule is COCC(C)(C)n1c(=S)[nH]c2ccc(Cl)cc21. The molecule has 0 amide bonds. The Morgan fingerprint density at radius 3 is 2.82 bits per heavy atom. The van der Waals surface area contributed by atoms with Gasteiger partial charge in [0.15, 0.2) is 4.77 Å². The van der Waals surface area contributed by atoms with Gasteiger partial charge in [0, 0.05) is 12.1 Å². The molecule has 0 aliphatic heterocycles. The monoisotopic (exact) mass is 270 g/mol. The minimum atomic E-state index is -0.214. The van der Waals surface area contributed by atoms with Crippen LogP contribution in [0.1, 0.15) is 13.8 Å². The molecule has 2 aromatic rings. The molecule has 0 aliphatic carbocycles. The molecule has 0 saturated carbocycles. The predicted octanol–water partition coefficient (Wildman–Crippen LogP) is 3.73. The van der Waals surface area contributed by atoms with Crippen LogP contribution in [0.3, 0.4) is 0 Å². The normalized spacial score (nSPS) is 12.2. The lowest BCUT2D eigenvalue weighted by molar-refractivity contribution is 0.111. The lowest BCUT2D eigenvalue weighted by Gasteiger charge is -2.26. The molecule has 1 N–H and O–H groups in total. The average Bonchev–Trinajstić information content (AvgIpc) is 2.53. The van der Waals surface area contributed by atoms with Crippen molar-refractivity contribution in [1.82, 2.24) is 9.55 Å². The lowest BCUT2D eigenvalue weighted by Crippen LogP contribution is -2.31. The molecule has 2 rings (SSSR count). The van der Waals surface area contributed by atoms with E-state index >= 15 is 0 Å². The summed E-state index contributed by atoms with van der Waals surface area (Å²) in [5, 5.41) is 0.702. The number of ether oxygens (including phenoxy) is 1. The number of aromatic nitrogens is 2. The third kappa shape index (κ3) is 2.25. The predicted molar refractivity (Wildman–Crippen MR) is 73.3 cm³/mol. The minimum absolute atomic E-state index is 0.214. The van der Waals surface area contributed by atoms with E-state index in [1.54, 1.807) is 7.11 Å². The quantitative estimate of drug-likeness (QED) is 0.862. The molecule has 1 aromatic carbocycles. The summed E-state index contributed by atoms with van der Waals surface area (Å²) in [7, 11) is 1.69. The van der Waals surface area contributed by atoms with E-state index in [2.05, 4.69) is 18.8 Å². The van der Waals surface area contributed by atoms with Crippen LogP contribution in [0, 0.1) is 4.77 Å². The first-order valence-corrected chi connectivity index (χ1v) is 6.14. The molecule has 17 heavy (non-hydrogen) atoms. The number of hydrogen-bond donors (Lipinski definition) is 1. The van der Waals surface area contributed by atoms with Crippen molar-refractivity contribution in [2.24, 2.45) is 0 Å². The fourth-order valence-electron chi connectivity index (χ4n) is 2.09. The van der Waals surface area contributed by atoms with Crippen molar-refractivity contribution in [3.8, 4) is 0 Å². The summed E-state index contributed by atoms with van der Waals surface area (Å²) in [6, 6.07) is 5.70. The van der Waals surface area contributed by atoms with E-state index in [1.807, 2.05) is 22.8 Å². The van der Waals surface area contributed by atoms with Gasteiger partial charge >= 0.3 is 0 Å². The van der Waals surface area contributed by atoms with E-state index in [0.717, 1.165) is 11.0 Å². The highest BCUT2D eigenvalue weighted by atomic mass is 35.5. The van der Waals surface area contributed by atoms with E-state index in [1.165, 1.54) is 0 Å². The Bertz CT molecular complexity index is 600. The summed E-state index contributed by atoms with van der Waals surface area (Å²) in [6.07, 6.45) is 0. The molecule has 1 aromatic heterocycles. The summed E-state index contributed by atoms with van der Waals surface area (Å²) in [4.78, 5) is 3.18. The van der Waals surface area contributed by atoms with Crippen LogP contribution in [0.2, 0.25) is 5.02 Å². The molecule has 0 fully saturated rings. The van der Waals surface area contributed by atoms with E-state index < -0.39 is 0 Å². The number of benzene rings is 1. The van der Waals surface area contributed by atoms with E-state index in [9.17, 15) is 0 Å². The fourth-order valence-corrected chi connectivity index (χ4v) is 2.72.